The molecule has 0 saturated heterocycles. The molecular weight excluding hydrogens is 260 g/mol. The molecule has 2 unspecified atom stereocenters. The standard InChI is InChI=1S/C12H15ClO3S/c1-7(2)17(15,16)11-6-8-5-9(13)3-4-10(8)12(11)14/h3-5,7,11-12,14H,6H2,1-2H3. The molecule has 0 radical (unpaired) electrons. The van der Waals surface area contributed by atoms with E-state index in [1.807, 2.05) is 0 Å². The minimum absolute atomic E-state index is 0.345. The summed E-state index contributed by atoms with van der Waals surface area (Å²) >= 11 is 5.86. The van der Waals surface area contributed by atoms with Crippen LogP contribution >= 0.6 is 11.6 Å². The van der Waals surface area contributed by atoms with Crippen molar-refractivity contribution in [1.82, 2.24) is 0 Å². The van der Waals surface area contributed by atoms with Crippen LogP contribution in [0.15, 0.2) is 18.2 Å². The van der Waals surface area contributed by atoms with E-state index in [2.05, 4.69) is 0 Å². The molecule has 17 heavy (non-hydrogen) atoms. The number of aliphatic hydroxyl groups excluding tert-OH is 1. The molecule has 2 rings (SSSR count). The van der Waals surface area contributed by atoms with Crippen molar-refractivity contribution in [3.63, 3.8) is 0 Å². The Morgan fingerprint density at radius 1 is 1.41 bits per heavy atom. The van der Waals surface area contributed by atoms with E-state index in [1.54, 1.807) is 32.0 Å². The molecule has 94 valence electrons. The zero-order valence-electron chi connectivity index (χ0n) is 9.72. The second-order valence-electron chi connectivity index (χ2n) is 4.67. The third-order valence-electron chi connectivity index (χ3n) is 3.28. The summed E-state index contributed by atoms with van der Waals surface area (Å²) in [5.41, 5.74) is 1.52. The van der Waals surface area contributed by atoms with Gasteiger partial charge in [0.2, 0.25) is 0 Å². The molecular formula is C12H15ClO3S. The number of benzene rings is 1. The number of sulfone groups is 1. The van der Waals surface area contributed by atoms with Crippen LogP contribution in [0.25, 0.3) is 0 Å². The van der Waals surface area contributed by atoms with Gasteiger partial charge >= 0.3 is 0 Å². The van der Waals surface area contributed by atoms with E-state index in [1.165, 1.54) is 0 Å². The summed E-state index contributed by atoms with van der Waals surface area (Å²) in [6, 6.07) is 5.11. The van der Waals surface area contributed by atoms with Gasteiger partial charge in [0.15, 0.2) is 9.84 Å². The van der Waals surface area contributed by atoms with E-state index in [0.717, 1.165) is 5.56 Å². The van der Waals surface area contributed by atoms with Crippen LogP contribution in [0.4, 0.5) is 0 Å². The highest BCUT2D eigenvalue weighted by Gasteiger charge is 2.41. The molecule has 0 amide bonds. The lowest BCUT2D eigenvalue weighted by molar-refractivity contribution is 0.182. The van der Waals surface area contributed by atoms with Crippen LogP contribution in [-0.2, 0) is 16.3 Å². The van der Waals surface area contributed by atoms with Gasteiger partial charge in [-0.05, 0) is 43.5 Å². The fourth-order valence-corrected chi connectivity index (χ4v) is 4.03. The van der Waals surface area contributed by atoms with Crippen molar-refractivity contribution in [2.24, 2.45) is 0 Å². The van der Waals surface area contributed by atoms with Crippen molar-refractivity contribution >= 4 is 21.4 Å². The minimum atomic E-state index is -3.30. The molecule has 0 fully saturated rings. The third kappa shape index (κ3) is 2.09. The van der Waals surface area contributed by atoms with Gasteiger partial charge in [-0.3, -0.25) is 0 Å². The van der Waals surface area contributed by atoms with Gasteiger partial charge in [-0.1, -0.05) is 17.7 Å². The Labute approximate surface area is 106 Å². The fraction of sp³-hybridized carbons (Fsp3) is 0.500. The van der Waals surface area contributed by atoms with Crippen molar-refractivity contribution in [2.75, 3.05) is 0 Å². The first kappa shape index (κ1) is 12.9. The van der Waals surface area contributed by atoms with Gasteiger partial charge in [-0.15, -0.1) is 0 Å². The smallest absolute Gasteiger partial charge is 0.158 e. The molecule has 0 aromatic heterocycles. The maximum atomic E-state index is 12.1. The van der Waals surface area contributed by atoms with E-state index in [-0.39, 0.29) is 0 Å². The predicted octanol–water partition coefficient (Wildman–Crippen LogP) is 2.12. The molecule has 1 N–H and O–H groups in total. The molecule has 3 nitrogen and oxygen atoms in total. The van der Waals surface area contributed by atoms with Crippen molar-refractivity contribution in [2.45, 2.75) is 36.9 Å². The highest BCUT2D eigenvalue weighted by Crippen LogP contribution is 2.37. The average molecular weight is 275 g/mol. The van der Waals surface area contributed by atoms with Crippen LogP contribution in [0.1, 0.15) is 31.1 Å². The third-order valence-corrected chi connectivity index (χ3v) is 6.09. The summed E-state index contributed by atoms with van der Waals surface area (Å²) in [6.07, 6.45) is -0.591. The minimum Gasteiger partial charge on any atom is -0.387 e. The highest BCUT2D eigenvalue weighted by atomic mass is 35.5. The molecule has 1 aliphatic carbocycles. The number of halogens is 1. The molecule has 0 saturated carbocycles. The highest BCUT2D eigenvalue weighted by molar-refractivity contribution is 7.92. The number of aliphatic hydroxyl groups is 1. The predicted molar refractivity (Wildman–Crippen MR) is 68.0 cm³/mol. The topological polar surface area (TPSA) is 54.4 Å². The normalized spacial score (nSPS) is 24.1. The van der Waals surface area contributed by atoms with Crippen LogP contribution in [0, 0.1) is 0 Å². The van der Waals surface area contributed by atoms with Crippen LogP contribution in [0.3, 0.4) is 0 Å². The van der Waals surface area contributed by atoms with Gasteiger partial charge in [0.25, 0.3) is 0 Å². The first-order chi connectivity index (χ1) is 7.84. The first-order valence-corrected chi connectivity index (χ1v) is 7.52. The van der Waals surface area contributed by atoms with E-state index in [4.69, 9.17) is 11.6 Å². The number of fused-ring (bicyclic) bond motifs is 1. The second kappa shape index (κ2) is 4.26. The molecule has 1 aromatic rings. The number of hydrogen-bond donors (Lipinski definition) is 1. The Hall–Kier alpha value is -0.580. The van der Waals surface area contributed by atoms with Crippen LogP contribution in [0.5, 0.6) is 0 Å². The molecule has 1 aliphatic rings. The fourth-order valence-electron chi connectivity index (χ4n) is 2.21. The van der Waals surface area contributed by atoms with Crippen molar-refractivity contribution in [3.8, 4) is 0 Å². The summed E-state index contributed by atoms with van der Waals surface area (Å²) in [4.78, 5) is 0. The van der Waals surface area contributed by atoms with Gasteiger partial charge in [0, 0.05) is 5.02 Å². The summed E-state index contributed by atoms with van der Waals surface area (Å²) in [6.45, 7) is 3.27. The summed E-state index contributed by atoms with van der Waals surface area (Å²) in [5, 5.41) is 9.44. The van der Waals surface area contributed by atoms with Crippen LogP contribution in [0.2, 0.25) is 5.02 Å². The first-order valence-electron chi connectivity index (χ1n) is 5.53. The molecule has 5 heteroatoms. The average Bonchev–Trinajstić information content (AvgIpc) is 2.55. The van der Waals surface area contributed by atoms with Gasteiger partial charge in [-0.2, -0.15) is 0 Å². The van der Waals surface area contributed by atoms with Crippen molar-refractivity contribution in [1.29, 1.82) is 0 Å². The molecule has 2 atom stereocenters. The number of rotatable bonds is 2. The summed E-state index contributed by atoms with van der Waals surface area (Å²) < 4.78 is 24.2. The van der Waals surface area contributed by atoms with E-state index < -0.39 is 26.4 Å². The molecule has 0 heterocycles. The van der Waals surface area contributed by atoms with E-state index in [0.29, 0.717) is 17.0 Å². The lowest BCUT2D eigenvalue weighted by Crippen LogP contribution is -2.31. The maximum Gasteiger partial charge on any atom is 0.158 e. The Bertz CT molecular complexity index is 537. The van der Waals surface area contributed by atoms with E-state index in [9.17, 15) is 13.5 Å². The summed E-state index contributed by atoms with van der Waals surface area (Å²) in [7, 11) is -3.30. The van der Waals surface area contributed by atoms with Gasteiger partial charge in [0.05, 0.1) is 16.6 Å². The van der Waals surface area contributed by atoms with Crippen LogP contribution < -0.4 is 0 Å². The summed E-state index contributed by atoms with van der Waals surface area (Å²) in [5.74, 6) is 0. The monoisotopic (exact) mass is 274 g/mol. The van der Waals surface area contributed by atoms with Crippen LogP contribution in [-0.4, -0.2) is 24.0 Å². The Balaban J connectivity index is 2.41. The van der Waals surface area contributed by atoms with Gasteiger partial charge in [0.1, 0.15) is 0 Å². The Morgan fingerprint density at radius 2 is 2.06 bits per heavy atom. The maximum absolute atomic E-state index is 12.1. The largest absolute Gasteiger partial charge is 0.387 e. The molecule has 0 aliphatic heterocycles. The lowest BCUT2D eigenvalue weighted by Gasteiger charge is -2.18. The van der Waals surface area contributed by atoms with Crippen molar-refractivity contribution < 1.29 is 13.5 Å². The molecule has 0 spiro atoms. The van der Waals surface area contributed by atoms with Gasteiger partial charge in [-0.25, -0.2) is 8.42 Å². The molecule has 1 aromatic carbocycles. The number of hydrogen-bond acceptors (Lipinski definition) is 3. The Kier molecular flexibility index (Phi) is 3.23. The zero-order chi connectivity index (χ0) is 12.8. The van der Waals surface area contributed by atoms with E-state index >= 15 is 0 Å². The van der Waals surface area contributed by atoms with Crippen molar-refractivity contribution in [3.05, 3.63) is 34.3 Å². The second-order valence-corrected chi connectivity index (χ2v) is 7.83. The Morgan fingerprint density at radius 3 is 2.65 bits per heavy atom. The zero-order valence-corrected chi connectivity index (χ0v) is 11.3. The lowest BCUT2D eigenvalue weighted by atomic mass is 10.1. The molecule has 0 bridgehead atoms. The SMILES string of the molecule is CC(C)S(=O)(=O)C1Cc2cc(Cl)ccc2C1O. The quantitative estimate of drug-likeness (QED) is 0.899. The van der Waals surface area contributed by atoms with Gasteiger partial charge < -0.3 is 5.11 Å².